The second-order valence-corrected chi connectivity index (χ2v) is 6.72. The van der Waals surface area contributed by atoms with E-state index in [0.29, 0.717) is 24.4 Å². The molecule has 7 heteroatoms. The lowest BCUT2D eigenvalue weighted by molar-refractivity contribution is -0.136. The highest BCUT2D eigenvalue weighted by Crippen LogP contribution is 2.18. The summed E-state index contributed by atoms with van der Waals surface area (Å²) in [7, 11) is 0. The lowest BCUT2D eigenvalue weighted by Crippen LogP contribution is -2.36. The van der Waals surface area contributed by atoms with Crippen LogP contribution in [0.25, 0.3) is 0 Å². The number of rotatable bonds is 5. The summed E-state index contributed by atoms with van der Waals surface area (Å²) in [6.45, 7) is 4.82. The fourth-order valence-corrected chi connectivity index (χ4v) is 3.05. The number of hydrogen-bond donors (Lipinski definition) is 2. The Bertz CT molecular complexity index is 858. The summed E-state index contributed by atoms with van der Waals surface area (Å²) in [5, 5.41) is 5.21. The van der Waals surface area contributed by atoms with E-state index in [9.17, 15) is 14.4 Å². The van der Waals surface area contributed by atoms with Gasteiger partial charge in [-0.1, -0.05) is 12.1 Å². The molecule has 0 aliphatic carbocycles. The molecule has 1 atom stereocenters. The van der Waals surface area contributed by atoms with E-state index in [1.54, 1.807) is 42.2 Å². The first kappa shape index (κ1) is 18.7. The summed E-state index contributed by atoms with van der Waals surface area (Å²) in [4.78, 5) is 37.8. The third kappa shape index (κ3) is 4.75. The van der Waals surface area contributed by atoms with Gasteiger partial charge in [0, 0.05) is 25.2 Å². The maximum atomic E-state index is 12.2. The van der Waals surface area contributed by atoms with Crippen molar-refractivity contribution in [1.29, 1.82) is 0 Å². The number of aryl methyl sites for hydroxylation is 1. The van der Waals surface area contributed by atoms with Crippen LogP contribution in [-0.4, -0.2) is 29.2 Å². The van der Waals surface area contributed by atoms with E-state index < -0.39 is 17.9 Å². The van der Waals surface area contributed by atoms with Crippen LogP contribution in [0.4, 0.5) is 5.69 Å². The Hall–Kier alpha value is -3.09. The van der Waals surface area contributed by atoms with Gasteiger partial charge in [-0.05, 0) is 50.1 Å². The molecule has 1 aromatic heterocycles. The highest BCUT2D eigenvalue weighted by molar-refractivity contribution is 6.39. The van der Waals surface area contributed by atoms with Crippen molar-refractivity contribution < 1.29 is 18.8 Å². The Balaban J connectivity index is 1.57. The van der Waals surface area contributed by atoms with Crippen LogP contribution in [0.2, 0.25) is 0 Å². The third-order valence-corrected chi connectivity index (χ3v) is 4.47. The molecule has 3 rings (SSSR count). The van der Waals surface area contributed by atoms with Crippen LogP contribution in [-0.2, 0) is 20.9 Å². The highest BCUT2D eigenvalue weighted by Gasteiger charge is 2.21. The van der Waals surface area contributed by atoms with Gasteiger partial charge in [-0.15, -0.1) is 0 Å². The van der Waals surface area contributed by atoms with Crippen molar-refractivity contribution in [3.05, 3.63) is 53.5 Å². The van der Waals surface area contributed by atoms with Gasteiger partial charge in [0.2, 0.25) is 5.91 Å². The Morgan fingerprint density at radius 1 is 1.22 bits per heavy atom. The fourth-order valence-electron chi connectivity index (χ4n) is 3.05. The number of carbonyl (C=O) groups is 3. The molecule has 2 aromatic rings. The van der Waals surface area contributed by atoms with E-state index in [1.807, 2.05) is 13.0 Å². The SMILES string of the molecule is Cc1ccc([C@@H](C)NC(=O)C(=O)Nc2cccc(CN3CCCC3=O)c2)o1. The summed E-state index contributed by atoms with van der Waals surface area (Å²) < 4.78 is 5.45. The van der Waals surface area contributed by atoms with Gasteiger partial charge in [-0.3, -0.25) is 14.4 Å². The summed E-state index contributed by atoms with van der Waals surface area (Å²) in [6.07, 6.45) is 1.47. The largest absolute Gasteiger partial charge is 0.464 e. The zero-order valence-corrected chi connectivity index (χ0v) is 15.5. The van der Waals surface area contributed by atoms with Crippen molar-refractivity contribution in [2.75, 3.05) is 11.9 Å². The molecule has 0 radical (unpaired) electrons. The smallest absolute Gasteiger partial charge is 0.313 e. The fraction of sp³-hybridized carbons (Fsp3) is 0.350. The van der Waals surface area contributed by atoms with E-state index in [2.05, 4.69) is 10.6 Å². The van der Waals surface area contributed by atoms with Gasteiger partial charge in [-0.2, -0.15) is 0 Å². The molecular weight excluding hydrogens is 346 g/mol. The second kappa shape index (κ2) is 8.07. The van der Waals surface area contributed by atoms with Gasteiger partial charge in [0.15, 0.2) is 0 Å². The summed E-state index contributed by atoms with van der Waals surface area (Å²) in [5.41, 5.74) is 1.42. The first-order valence-electron chi connectivity index (χ1n) is 8.97. The predicted octanol–water partition coefficient (Wildman–Crippen LogP) is 2.53. The first-order chi connectivity index (χ1) is 12.9. The average molecular weight is 369 g/mol. The van der Waals surface area contributed by atoms with Gasteiger partial charge < -0.3 is 20.0 Å². The van der Waals surface area contributed by atoms with Crippen molar-refractivity contribution in [3.8, 4) is 0 Å². The molecule has 0 saturated carbocycles. The van der Waals surface area contributed by atoms with Crippen LogP contribution in [0.15, 0.2) is 40.8 Å². The Morgan fingerprint density at radius 3 is 2.70 bits per heavy atom. The normalized spacial score (nSPS) is 14.9. The van der Waals surface area contributed by atoms with Gasteiger partial charge in [-0.25, -0.2) is 0 Å². The number of anilines is 1. The maximum Gasteiger partial charge on any atom is 0.313 e. The quantitative estimate of drug-likeness (QED) is 0.792. The monoisotopic (exact) mass is 369 g/mol. The van der Waals surface area contributed by atoms with E-state index in [1.165, 1.54) is 0 Å². The van der Waals surface area contributed by atoms with Crippen LogP contribution in [0, 0.1) is 6.92 Å². The molecule has 1 fully saturated rings. The van der Waals surface area contributed by atoms with Gasteiger partial charge in [0.1, 0.15) is 11.5 Å². The van der Waals surface area contributed by atoms with Crippen molar-refractivity contribution in [2.24, 2.45) is 0 Å². The van der Waals surface area contributed by atoms with Crippen LogP contribution in [0.5, 0.6) is 0 Å². The molecule has 1 aromatic carbocycles. The lowest BCUT2D eigenvalue weighted by Gasteiger charge is -2.16. The van der Waals surface area contributed by atoms with Crippen LogP contribution in [0.1, 0.15) is 42.9 Å². The number of benzene rings is 1. The number of nitrogens with zero attached hydrogens (tertiary/aromatic N) is 1. The van der Waals surface area contributed by atoms with E-state index >= 15 is 0 Å². The van der Waals surface area contributed by atoms with Crippen molar-refractivity contribution in [1.82, 2.24) is 10.2 Å². The second-order valence-electron chi connectivity index (χ2n) is 6.72. The topological polar surface area (TPSA) is 91.7 Å². The number of amides is 3. The third-order valence-electron chi connectivity index (χ3n) is 4.47. The molecule has 0 unspecified atom stereocenters. The zero-order valence-electron chi connectivity index (χ0n) is 15.5. The van der Waals surface area contributed by atoms with Crippen molar-refractivity contribution in [2.45, 2.75) is 39.3 Å². The van der Waals surface area contributed by atoms with E-state index in [0.717, 1.165) is 24.3 Å². The summed E-state index contributed by atoms with van der Waals surface area (Å²) >= 11 is 0. The number of hydrogen-bond acceptors (Lipinski definition) is 4. The van der Waals surface area contributed by atoms with Crippen LogP contribution >= 0.6 is 0 Å². The molecule has 3 amide bonds. The van der Waals surface area contributed by atoms with Crippen molar-refractivity contribution >= 4 is 23.4 Å². The van der Waals surface area contributed by atoms with Crippen LogP contribution < -0.4 is 10.6 Å². The minimum absolute atomic E-state index is 0.144. The molecule has 7 nitrogen and oxygen atoms in total. The van der Waals surface area contributed by atoms with Crippen LogP contribution in [0.3, 0.4) is 0 Å². The minimum atomic E-state index is -0.750. The summed E-state index contributed by atoms with van der Waals surface area (Å²) in [6, 6.07) is 10.3. The molecular formula is C20H23N3O4. The van der Waals surface area contributed by atoms with E-state index in [4.69, 9.17) is 4.42 Å². The van der Waals surface area contributed by atoms with Gasteiger partial charge in [0.25, 0.3) is 0 Å². The molecule has 27 heavy (non-hydrogen) atoms. The lowest BCUT2D eigenvalue weighted by atomic mass is 10.2. The number of likely N-dealkylation sites (tertiary alicyclic amines) is 1. The molecule has 2 heterocycles. The molecule has 0 bridgehead atoms. The van der Waals surface area contributed by atoms with Gasteiger partial charge >= 0.3 is 11.8 Å². The Labute approximate surface area is 157 Å². The Morgan fingerprint density at radius 2 is 2.04 bits per heavy atom. The predicted molar refractivity (Wildman–Crippen MR) is 99.7 cm³/mol. The number of carbonyl (C=O) groups excluding carboxylic acids is 3. The minimum Gasteiger partial charge on any atom is -0.464 e. The Kier molecular flexibility index (Phi) is 5.59. The highest BCUT2D eigenvalue weighted by atomic mass is 16.3. The molecule has 1 saturated heterocycles. The molecule has 1 aliphatic rings. The molecule has 1 aliphatic heterocycles. The zero-order chi connectivity index (χ0) is 19.4. The molecule has 2 N–H and O–H groups in total. The number of furan rings is 1. The van der Waals surface area contributed by atoms with Gasteiger partial charge in [0.05, 0.1) is 6.04 Å². The van der Waals surface area contributed by atoms with E-state index in [-0.39, 0.29) is 5.91 Å². The molecule has 0 spiro atoms. The average Bonchev–Trinajstić information content (AvgIpc) is 3.24. The number of nitrogens with one attached hydrogen (secondary N) is 2. The molecule has 142 valence electrons. The summed E-state index contributed by atoms with van der Waals surface area (Å²) in [5.74, 6) is -0.0167. The standard InChI is InChI=1S/C20H23N3O4/c1-13-8-9-17(27-13)14(2)21-19(25)20(26)22-16-6-3-5-15(11-16)12-23-10-4-7-18(23)24/h3,5-6,8-9,11,14H,4,7,10,12H2,1-2H3,(H,21,25)(H,22,26)/t14-/m1/s1. The first-order valence-corrected chi connectivity index (χ1v) is 8.97. The van der Waals surface area contributed by atoms with Crippen molar-refractivity contribution in [3.63, 3.8) is 0 Å². The maximum absolute atomic E-state index is 12.2.